The summed E-state index contributed by atoms with van der Waals surface area (Å²) in [5.74, 6) is 0. The van der Waals surface area contributed by atoms with Gasteiger partial charge in [0.1, 0.15) is 5.01 Å². The maximum absolute atomic E-state index is 8.83. The highest BCUT2D eigenvalue weighted by molar-refractivity contribution is 7.15. The predicted molar refractivity (Wildman–Crippen MR) is 72.3 cm³/mol. The van der Waals surface area contributed by atoms with Crippen LogP contribution in [-0.4, -0.2) is 12.1 Å². The molecule has 0 spiro atoms. The fraction of sp³-hybridized carbons (Fsp3) is 0.286. The monoisotopic (exact) mass is 258 g/mol. The number of aromatic nitrogens is 1. The van der Waals surface area contributed by atoms with Gasteiger partial charge < -0.3 is 4.74 Å². The number of nitriles is 1. The molecule has 0 unspecified atom stereocenters. The lowest BCUT2D eigenvalue weighted by Gasteiger charge is -2.00. The number of methoxy groups -OCH3 is 1. The van der Waals surface area contributed by atoms with E-state index in [1.165, 1.54) is 5.56 Å². The van der Waals surface area contributed by atoms with Crippen molar-refractivity contribution in [1.82, 2.24) is 4.98 Å². The van der Waals surface area contributed by atoms with Crippen LogP contribution in [0.25, 0.3) is 10.6 Å². The molecule has 0 radical (unpaired) electrons. The summed E-state index contributed by atoms with van der Waals surface area (Å²) in [5.41, 5.74) is 3.20. The van der Waals surface area contributed by atoms with E-state index in [2.05, 4.69) is 30.1 Å². The van der Waals surface area contributed by atoms with Gasteiger partial charge in [0.2, 0.25) is 0 Å². The van der Waals surface area contributed by atoms with Crippen molar-refractivity contribution in [2.75, 3.05) is 7.11 Å². The second-order valence-corrected chi connectivity index (χ2v) is 5.06. The first-order chi connectivity index (χ1) is 8.76. The topological polar surface area (TPSA) is 45.9 Å². The van der Waals surface area contributed by atoms with Crippen molar-refractivity contribution in [2.45, 2.75) is 20.0 Å². The van der Waals surface area contributed by atoms with Crippen molar-refractivity contribution >= 4 is 11.3 Å². The van der Waals surface area contributed by atoms with E-state index in [1.807, 2.05) is 12.1 Å². The average molecular weight is 258 g/mol. The van der Waals surface area contributed by atoms with Gasteiger partial charge in [0.15, 0.2) is 0 Å². The van der Waals surface area contributed by atoms with Crippen molar-refractivity contribution in [2.24, 2.45) is 0 Å². The van der Waals surface area contributed by atoms with Gasteiger partial charge in [0, 0.05) is 17.6 Å². The first kappa shape index (κ1) is 12.7. The minimum absolute atomic E-state index is 0.391. The smallest absolute Gasteiger partial charge is 0.124 e. The minimum Gasteiger partial charge on any atom is -0.378 e. The Hall–Kier alpha value is -1.70. The van der Waals surface area contributed by atoms with Crippen LogP contribution in [0, 0.1) is 18.3 Å². The summed E-state index contributed by atoms with van der Waals surface area (Å²) in [7, 11) is 1.64. The summed E-state index contributed by atoms with van der Waals surface area (Å²) in [6.45, 7) is 2.52. The van der Waals surface area contributed by atoms with Crippen LogP contribution in [0.15, 0.2) is 24.3 Å². The molecule has 0 amide bonds. The van der Waals surface area contributed by atoms with Crippen LogP contribution in [0.2, 0.25) is 0 Å². The zero-order valence-corrected chi connectivity index (χ0v) is 11.3. The molecule has 0 aliphatic carbocycles. The van der Waals surface area contributed by atoms with Crippen LogP contribution < -0.4 is 0 Å². The normalized spacial score (nSPS) is 10.3. The highest BCUT2D eigenvalue weighted by atomic mass is 32.1. The van der Waals surface area contributed by atoms with Gasteiger partial charge in [-0.25, -0.2) is 4.98 Å². The fourth-order valence-corrected chi connectivity index (χ4v) is 2.86. The molecule has 0 N–H and O–H groups in total. The molecule has 0 aliphatic heterocycles. The van der Waals surface area contributed by atoms with Crippen LogP contribution in [-0.2, 0) is 17.8 Å². The second kappa shape index (κ2) is 5.76. The van der Waals surface area contributed by atoms with Gasteiger partial charge >= 0.3 is 0 Å². The first-order valence-corrected chi connectivity index (χ1v) is 6.48. The molecule has 0 atom stereocenters. The third-order valence-corrected chi connectivity index (χ3v) is 3.81. The van der Waals surface area contributed by atoms with Crippen LogP contribution >= 0.6 is 11.3 Å². The molecule has 4 heteroatoms. The summed E-state index contributed by atoms with van der Waals surface area (Å²) in [5, 5.41) is 9.80. The number of hydrogen-bond donors (Lipinski definition) is 0. The maximum Gasteiger partial charge on any atom is 0.124 e. The fourth-order valence-electron chi connectivity index (χ4n) is 1.77. The maximum atomic E-state index is 8.83. The van der Waals surface area contributed by atoms with Crippen LogP contribution in [0.1, 0.15) is 16.1 Å². The van der Waals surface area contributed by atoms with Crippen molar-refractivity contribution in [3.05, 3.63) is 40.4 Å². The highest BCUT2D eigenvalue weighted by Gasteiger charge is 2.13. The third kappa shape index (κ3) is 2.58. The second-order valence-electron chi connectivity index (χ2n) is 3.97. The Balaban J connectivity index is 2.44. The Morgan fingerprint density at radius 2 is 2.17 bits per heavy atom. The minimum atomic E-state index is 0.391. The van der Waals surface area contributed by atoms with E-state index >= 15 is 0 Å². The molecule has 2 aromatic rings. The predicted octanol–water partition coefficient (Wildman–Crippen LogP) is 3.33. The SMILES string of the molecule is COCc1nc(-c2ccccc2C)sc1CC#N. The van der Waals surface area contributed by atoms with Gasteiger partial charge in [-0.3, -0.25) is 0 Å². The number of hydrogen-bond acceptors (Lipinski definition) is 4. The lowest BCUT2D eigenvalue weighted by Crippen LogP contribution is -1.92. The summed E-state index contributed by atoms with van der Waals surface area (Å²) in [6, 6.07) is 10.3. The Labute approximate surface area is 111 Å². The molecule has 0 saturated carbocycles. The molecular formula is C14H14N2OS. The van der Waals surface area contributed by atoms with Gasteiger partial charge in [-0.05, 0) is 12.5 Å². The van der Waals surface area contributed by atoms with Crippen LogP contribution in [0.4, 0.5) is 0 Å². The molecule has 0 saturated heterocycles. The number of ether oxygens (including phenoxy) is 1. The average Bonchev–Trinajstić information content (AvgIpc) is 2.74. The molecule has 18 heavy (non-hydrogen) atoms. The Morgan fingerprint density at radius 1 is 1.39 bits per heavy atom. The molecule has 92 valence electrons. The van der Waals surface area contributed by atoms with Crippen LogP contribution in [0.3, 0.4) is 0 Å². The summed E-state index contributed by atoms with van der Waals surface area (Å²) < 4.78 is 5.13. The van der Waals surface area contributed by atoms with Crippen molar-refractivity contribution < 1.29 is 4.74 Å². The van der Waals surface area contributed by atoms with E-state index < -0.39 is 0 Å². The Morgan fingerprint density at radius 3 is 2.83 bits per heavy atom. The lowest BCUT2D eigenvalue weighted by atomic mass is 10.1. The summed E-state index contributed by atoms with van der Waals surface area (Å²) in [4.78, 5) is 5.59. The van der Waals surface area contributed by atoms with E-state index in [-0.39, 0.29) is 0 Å². The van der Waals surface area contributed by atoms with E-state index in [9.17, 15) is 0 Å². The number of nitrogens with zero attached hydrogens (tertiary/aromatic N) is 2. The zero-order chi connectivity index (χ0) is 13.0. The van der Waals surface area contributed by atoms with Crippen molar-refractivity contribution in [3.8, 4) is 16.6 Å². The Bertz CT molecular complexity index is 584. The molecule has 1 aromatic heterocycles. The van der Waals surface area contributed by atoms with Crippen LogP contribution in [0.5, 0.6) is 0 Å². The molecule has 0 fully saturated rings. The Kier molecular flexibility index (Phi) is 4.08. The highest BCUT2D eigenvalue weighted by Crippen LogP contribution is 2.30. The molecule has 2 rings (SSSR count). The third-order valence-electron chi connectivity index (χ3n) is 2.67. The summed E-state index contributed by atoms with van der Waals surface area (Å²) >= 11 is 1.58. The molecule has 3 nitrogen and oxygen atoms in total. The molecular weight excluding hydrogens is 244 g/mol. The van der Waals surface area contributed by atoms with E-state index in [0.29, 0.717) is 13.0 Å². The van der Waals surface area contributed by atoms with Gasteiger partial charge in [0.25, 0.3) is 0 Å². The quantitative estimate of drug-likeness (QED) is 0.845. The summed E-state index contributed by atoms with van der Waals surface area (Å²) in [6.07, 6.45) is 0.391. The molecule has 1 aromatic carbocycles. The largest absolute Gasteiger partial charge is 0.378 e. The first-order valence-electron chi connectivity index (χ1n) is 5.66. The van der Waals surface area contributed by atoms with E-state index in [4.69, 9.17) is 10.00 Å². The van der Waals surface area contributed by atoms with Gasteiger partial charge in [-0.15, -0.1) is 11.3 Å². The van der Waals surface area contributed by atoms with E-state index in [0.717, 1.165) is 21.1 Å². The van der Waals surface area contributed by atoms with Crippen molar-refractivity contribution in [1.29, 1.82) is 5.26 Å². The lowest BCUT2D eigenvalue weighted by molar-refractivity contribution is 0.181. The van der Waals surface area contributed by atoms with E-state index in [1.54, 1.807) is 18.4 Å². The van der Waals surface area contributed by atoms with Gasteiger partial charge in [-0.2, -0.15) is 5.26 Å². The molecule has 0 aliphatic rings. The van der Waals surface area contributed by atoms with Gasteiger partial charge in [0.05, 0.1) is 24.8 Å². The molecule has 0 bridgehead atoms. The number of rotatable bonds is 4. The standard InChI is InChI=1S/C14H14N2OS/c1-10-5-3-4-6-11(10)14-16-12(9-17-2)13(18-14)7-8-15/h3-6H,7,9H2,1-2H3. The molecule has 1 heterocycles. The van der Waals surface area contributed by atoms with Gasteiger partial charge in [-0.1, -0.05) is 24.3 Å². The zero-order valence-electron chi connectivity index (χ0n) is 10.4. The number of benzene rings is 1. The number of aryl methyl sites for hydroxylation is 1. The number of thiazole rings is 1. The van der Waals surface area contributed by atoms with Crippen molar-refractivity contribution in [3.63, 3.8) is 0 Å².